The van der Waals surface area contributed by atoms with Gasteiger partial charge < -0.3 is 19.5 Å². The van der Waals surface area contributed by atoms with Gasteiger partial charge >= 0.3 is 5.97 Å². The molecule has 1 saturated carbocycles. The van der Waals surface area contributed by atoms with Gasteiger partial charge in [-0.2, -0.15) is 5.10 Å². The lowest BCUT2D eigenvalue weighted by Gasteiger charge is -2.26. The summed E-state index contributed by atoms with van der Waals surface area (Å²) in [5.41, 5.74) is 1.58. The summed E-state index contributed by atoms with van der Waals surface area (Å²) in [6.07, 6.45) is 4.31. The molecule has 2 aromatic heterocycles. The van der Waals surface area contributed by atoms with E-state index >= 15 is 0 Å². The summed E-state index contributed by atoms with van der Waals surface area (Å²) in [5, 5.41) is 8.98. The molecule has 0 saturated heterocycles. The quantitative estimate of drug-likeness (QED) is 0.334. The van der Waals surface area contributed by atoms with Crippen LogP contribution in [0.15, 0.2) is 54.7 Å². The molecule has 4 aromatic rings. The predicted octanol–water partition coefficient (Wildman–Crippen LogP) is 4.97. The van der Waals surface area contributed by atoms with E-state index in [0.29, 0.717) is 51.8 Å². The van der Waals surface area contributed by atoms with Crippen molar-refractivity contribution in [1.82, 2.24) is 20.1 Å². The summed E-state index contributed by atoms with van der Waals surface area (Å²) >= 11 is 6.21. The van der Waals surface area contributed by atoms with Crippen LogP contribution in [0.3, 0.4) is 0 Å². The number of nitrogens with one attached hydrogen (secondary N) is 1. The van der Waals surface area contributed by atoms with Gasteiger partial charge in [0.1, 0.15) is 17.0 Å². The van der Waals surface area contributed by atoms with E-state index in [9.17, 15) is 9.59 Å². The number of methoxy groups -OCH3 is 3. The van der Waals surface area contributed by atoms with Gasteiger partial charge in [0.05, 0.1) is 43.8 Å². The fourth-order valence-electron chi connectivity index (χ4n) is 5.08. The smallest absolute Gasteiger partial charge is 0.331 e. The molecule has 1 amide bonds. The van der Waals surface area contributed by atoms with Crippen molar-refractivity contribution in [2.24, 2.45) is 0 Å². The van der Waals surface area contributed by atoms with Crippen LogP contribution in [-0.4, -0.2) is 53.5 Å². The number of ether oxygens (including phenoxy) is 3. The number of hydrogen-bond donors (Lipinski definition) is 1. The number of carbonyl (C=O) groups is 2. The third-order valence-corrected chi connectivity index (χ3v) is 7.16. The summed E-state index contributed by atoms with van der Waals surface area (Å²) in [4.78, 5) is 30.7. The molecule has 2 aromatic carbocycles. The highest BCUT2D eigenvalue weighted by molar-refractivity contribution is 6.31. The Kier molecular flexibility index (Phi) is 6.94. The topological polar surface area (TPSA) is 105 Å². The first kappa shape index (κ1) is 25.5. The second-order valence-corrected chi connectivity index (χ2v) is 9.53. The minimum Gasteiger partial charge on any atom is -0.496 e. The Morgan fingerprint density at radius 2 is 1.71 bits per heavy atom. The molecule has 38 heavy (non-hydrogen) atoms. The average molecular weight is 535 g/mol. The summed E-state index contributed by atoms with van der Waals surface area (Å²) < 4.78 is 18.0. The van der Waals surface area contributed by atoms with E-state index in [-0.39, 0.29) is 5.69 Å². The highest BCUT2D eigenvalue weighted by Gasteiger charge is 2.44. The van der Waals surface area contributed by atoms with E-state index in [0.717, 1.165) is 18.2 Å². The Morgan fingerprint density at radius 3 is 2.37 bits per heavy atom. The summed E-state index contributed by atoms with van der Waals surface area (Å²) in [7, 11) is 4.46. The van der Waals surface area contributed by atoms with Gasteiger partial charge in [-0.05, 0) is 55.3 Å². The molecule has 1 aliphatic rings. The highest BCUT2D eigenvalue weighted by Crippen LogP contribution is 2.40. The van der Waals surface area contributed by atoms with E-state index in [4.69, 9.17) is 30.9 Å². The fraction of sp³-hybridized carbons (Fsp3) is 0.286. The molecule has 9 nitrogen and oxygen atoms in total. The molecule has 0 unspecified atom stereocenters. The van der Waals surface area contributed by atoms with Crippen LogP contribution < -0.4 is 14.8 Å². The number of carbonyl (C=O) groups excluding carboxylic acids is 2. The standard InChI is InChI=1S/C28H27ClN4O5/c1-36-23-7-6-8-24(37-2)25(23)22-16-20(26(34)31-28(27(35)38-3)12-4-5-13-28)32-33(22)21-11-14-30-19-15-17(29)9-10-18(19)21/h6-11,14-16H,4-5,12-13H2,1-3H3,(H,31,34). The zero-order valence-corrected chi connectivity index (χ0v) is 22.0. The number of nitrogens with zero attached hydrogens (tertiary/aromatic N) is 3. The second-order valence-electron chi connectivity index (χ2n) is 9.09. The van der Waals surface area contributed by atoms with Crippen LogP contribution in [0.5, 0.6) is 11.5 Å². The molecule has 0 radical (unpaired) electrons. The van der Waals surface area contributed by atoms with Gasteiger partial charge in [-0.1, -0.05) is 30.5 Å². The van der Waals surface area contributed by atoms with Crippen molar-refractivity contribution < 1.29 is 23.8 Å². The molecule has 2 heterocycles. The molecule has 196 valence electrons. The van der Waals surface area contributed by atoms with Crippen LogP contribution in [0.4, 0.5) is 0 Å². The van der Waals surface area contributed by atoms with Crippen LogP contribution in [-0.2, 0) is 9.53 Å². The lowest BCUT2D eigenvalue weighted by molar-refractivity contribution is -0.148. The molecule has 5 rings (SSSR count). The highest BCUT2D eigenvalue weighted by atomic mass is 35.5. The fourth-order valence-corrected chi connectivity index (χ4v) is 5.25. The lowest BCUT2D eigenvalue weighted by atomic mass is 9.97. The van der Waals surface area contributed by atoms with E-state index < -0.39 is 17.4 Å². The Balaban J connectivity index is 1.70. The summed E-state index contributed by atoms with van der Waals surface area (Å²) in [5.74, 6) is 0.153. The Labute approximate surface area is 224 Å². The van der Waals surface area contributed by atoms with Gasteiger partial charge in [0.15, 0.2) is 5.69 Å². The SMILES string of the molecule is COC(=O)C1(NC(=O)c2cc(-c3c(OC)cccc3OC)n(-c3ccnc4cc(Cl)ccc34)n2)CCCC1. The largest absolute Gasteiger partial charge is 0.496 e. The zero-order chi connectivity index (χ0) is 26.9. The van der Waals surface area contributed by atoms with Crippen LogP contribution in [0.2, 0.25) is 5.02 Å². The first-order chi connectivity index (χ1) is 18.4. The van der Waals surface area contributed by atoms with Gasteiger partial charge in [-0.3, -0.25) is 9.78 Å². The van der Waals surface area contributed by atoms with Crippen LogP contribution in [0, 0.1) is 0 Å². The maximum absolute atomic E-state index is 13.6. The first-order valence-corrected chi connectivity index (χ1v) is 12.6. The molecule has 1 fully saturated rings. The molecule has 0 bridgehead atoms. The predicted molar refractivity (Wildman–Crippen MR) is 143 cm³/mol. The third kappa shape index (κ3) is 4.43. The number of aromatic nitrogens is 3. The number of benzene rings is 2. The van der Waals surface area contributed by atoms with E-state index in [1.807, 2.05) is 30.3 Å². The lowest BCUT2D eigenvalue weighted by Crippen LogP contribution is -2.53. The first-order valence-electron chi connectivity index (χ1n) is 12.2. The van der Waals surface area contributed by atoms with Crippen molar-refractivity contribution in [1.29, 1.82) is 0 Å². The summed E-state index contributed by atoms with van der Waals surface area (Å²) in [6.45, 7) is 0. The molecular formula is C28H27ClN4O5. The van der Waals surface area contributed by atoms with E-state index in [1.165, 1.54) is 7.11 Å². The van der Waals surface area contributed by atoms with Gasteiger partial charge in [0.25, 0.3) is 5.91 Å². The maximum atomic E-state index is 13.6. The van der Waals surface area contributed by atoms with Gasteiger partial charge in [-0.15, -0.1) is 0 Å². The van der Waals surface area contributed by atoms with Crippen molar-refractivity contribution in [3.8, 4) is 28.4 Å². The van der Waals surface area contributed by atoms with Crippen LogP contribution in [0.1, 0.15) is 36.2 Å². The number of pyridine rings is 1. The molecular weight excluding hydrogens is 508 g/mol. The minimum atomic E-state index is -1.07. The Bertz CT molecular complexity index is 1500. The molecule has 0 aliphatic heterocycles. The average Bonchev–Trinajstić information content (AvgIpc) is 3.60. The Morgan fingerprint density at radius 1 is 1.00 bits per heavy atom. The molecule has 1 N–H and O–H groups in total. The molecule has 1 aliphatic carbocycles. The van der Waals surface area contributed by atoms with Crippen molar-refractivity contribution in [2.45, 2.75) is 31.2 Å². The van der Waals surface area contributed by atoms with E-state index in [2.05, 4.69) is 10.3 Å². The van der Waals surface area contributed by atoms with Crippen LogP contribution in [0.25, 0.3) is 27.8 Å². The second kappa shape index (κ2) is 10.3. The number of hydrogen-bond acceptors (Lipinski definition) is 7. The third-order valence-electron chi connectivity index (χ3n) is 6.92. The normalized spacial score (nSPS) is 14.3. The number of rotatable bonds is 7. The number of fused-ring (bicyclic) bond motifs is 1. The Hall–Kier alpha value is -4.11. The zero-order valence-electron chi connectivity index (χ0n) is 21.3. The van der Waals surface area contributed by atoms with Crippen molar-refractivity contribution in [3.63, 3.8) is 0 Å². The van der Waals surface area contributed by atoms with Crippen LogP contribution >= 0.6 is 11.6 Å². The van der Waals surface area contributed by atoms with E-state index in [1.54, 1.807) is 43.3 Å². The van der Waals surface area contributed by atoms with Crippen molar-refractivity contribution in [2.75, 3.05) is 21.3 Å². The minimum absolute atomic E-state index is 0.127. The number of esters is 1. The van der Waals surface area contributed by atoms with Crippen molar-refractivity contribution >= 4 is 34.4 Å². The summed E-state index contributed by atoms with van der Waals surface area (Å²) in [6, 6.07) is 14.3. The maximum Gasteiger partial charge on any atom is 0.331 e. The number of halogens is 1. The van der Waals surface area contributed by atoms with Crippen molar-refractivity contribution in [3.05, 3.63) is 65.4 Å². The van der Waals surface area contributed by atoms with Gasteiger partial charge in [-0.25, -0.2) is 9.48 Å². The molecule has 0 atom stereocenters. The monoisotopic (exact) mass is 534 g/mol. The van der Waals surface area contributed by atoms with Gasteiger partial charge in [0, 0.05) is 16.6 Å². The molecule has 0 spiro atoms. The number of amides is 1. The molecule has 10 heteroatoms. The van der Waals surface area contributed by atoms with Gasteiger partial charge in [0.2, 0.25) is 0 Å².